The van der Waals surface area contributed by atoms with Gasteiger partial charge in [-0.3, -0.25) is 0 Å². The van der Waals surface area contributed by atoms with E-state index in [0.717, 1.165) is 12.5 Å². The van der Waals surface area contributed by atoms with Gasteiger partial charge in [0.1, 0.15) is 0 Å². The second-order valence-corrected chi connectivity index (χ2v) is 5.44. The zero-order valence-electron chi connectivity index (χ0n) is 9.33. The molecular formula is C13H19NS. The van der Waals surface area contributed by atoms with Gasteiger partial charge in [0.2, 0.25) is 0 Å². The van der Waals surface area contributed by atoms with Crippen molar-refractivity contribution in [3.05, 3.63) is 35.4 Å². The van der Waals surface area contributed by atoms with Gasteiger partial charge in [0, 0.05) is 6.54 Å². The molecule has 0 aromatic heterocycles. The Kier molecular flexibility index (Phi) is 4.09. The summed E-state index contributed by atoms with van der Waals surface area (Å²) in [6, 6.07) is 8.62. The van der Waals surface area contributed by atoms with Crippen molar-refractivity contribution >= 4 is 11.8 Å². The molecule has 1 unspecified atom stereocenters. The van der Waals surface area contributed by atoms with Gasteiger partial charge in [-0.15, -0.1) is 0 Å². The van der Waals surface area contributed by atoms with Gasteiger partial charge in [0.25, 0.3) is 0 Å². The number of rotatable bonds is 4. The van der Waals surface area contributed by atoms with Crippen molar-refractivity contribution in [1.29, 1.82) is 0 Å². The summed E-state index contributed by atoms with van der Waals surface area (Å²) in [5.74, 6) is 3.61. The fraction of sp³-hybridized carbons (Fsp3) is 0.538. The molecule has 0 saturated carbocycles. The summed E-state index contributed by atoms with van der Waals surface area (Å²) in [7, 11) is 0. The average molecular weight is 221 g/mol. The molecule has 0 bridgehead atoms. The maximum absolute atomic E-state index is 3.57. The topological polar surface area (TPSA) is 12.0 Å². The van der Waals surface area contributed by atoms with Crippen LogP contribution in [0.4, 0.5) is 0 Å². The van der Waals surface area contributed by atoms with E-state index in [1.165, 1.54) is 35.6 Å². The molecule has 0 amide bonds. The highest BCUT2D eigenvalue weighted by Gasteiger charge is 2.14. The van der Waals surface area contributed by atoms with Crippen LogP contribution in [0.3, 0.4) is 0 Å². The first kappa shape index (κ1) is 11.0. The van der Waals surface area contributed by atoms with Crippen LogP contribution in [0.15, 0.2) is 24.3 Å². The van der Waals surface area contributed by atoms with Crippen LogP contribution in [0.1, 0.15) is 17.5 Å². The summed E-state index contributed by atoms with van der Waals surface area (Å²) >= 11 is 2.09. The van der Waals surface area contributed by atoms with Crippen LogP contribution >= 0.6 is 11.8 Å². The number of thioether (sulfide) groups is 1. The molecule has 1 saturated heterocycles. The molecule has 2 heteroatoms. The Morgan fingerprint density at radius 3 is 3.00 bits per heavy atom. The van der Waals surface area contributed by atoms with Crippen molar-refractivity contribution in [3.8, 4) is 0 Å². The second kappa shape index (κ2) is 5.57. The Balaban J connectivity index is 1.75. The zero-order valence-corrected chi connectivity index (χ0v) is 10.1. The summed E-state index contributed by atoms with van der Waals surface area (Å²) in [6.45, 7) is 4.39. The summed E-state index contributed by atoms with van der Waals surface area (Å²) in [6.07, 6.45) is 1.39. The van der Waals surface area contributed by atoms with Crippen LogP contribution < -0.4 is 5.32 Å². The molecule has 82 valence electrons. The van der Waals surface area contributed by atoms with Crippen molar-refractivity contribution in [2.24, 2.45) is 5.92 Å². The quantitative estimate of drug-likeness (QED) is 0.839. The molecule has 1 aliphatic heterocycles. The molecule has 1 heterocycles. The predicted molar refractivity (Wildman–Crippen MR) is 68.3 cm³/mol. The molecule has 0 radical (unpaired) electrons. The lowest BCUT2D eigenvalue weighted by Gasteiger charge is -2.11. The van der Waals surface area contributed by atoms with E-state index in [4.69, 9.17) is 0 Å². The lowest BCUT2D eigenvalue weighted by molar-refractivity contribution is 0.523. The Hall–Kier alpha value is -0.470. The van der Waals surface area contributed by atoms with Crippen LogP contribution in [0, 0.1) is 12.8 Å². The van der Waals surface area contributed by atoms with Gasteiger partial charge >= 0.3 is 0 Å². The first-order chi connectivity index (χ1) is 7.36. The lowest BCUT2D eigenvalue weighted by Crippen LogP contribution is -2.22. The van der Waals surface area contributed by atoms with Crippen LogP contribution in [0.25, 0.3) is 0 Å². The molecule has 0 spiro atoms. The van der Waals surface area contributed by atoms with Gasteiger partial charge in [-0.2, -0.15) is 11.8 Å². The Labute approximate surface area is 96.7 Å². The highest BCUT2D eigenvalue weighted by molar-refractivity contribution is 7.99. The van der Waals surface area contributed by atoms with Gasteiger partial charge in [-0.25, -0.2) is 0 Å². The van der Waals surface area contributed by atoms with Crippen LogP contribution in [-0.2, 0) is 6.54 Å². The van der Waals surface area contributed by atoms with E-state index >= 15 is 0 Å². The van der Waals surface area contributed by atoms with Crippen molar-refractivity contribution in [2.45, 2.75) is 19.9 Å². The van der Waals surface area contributed by atoms with Gasteiger partial charge in [-0.05, 0) is 48.4 Å². The second-order valence-electron chi connectivity index (χ2n) is 4.29. The minimum Gasteiger partial charge on any atom is -0.312 e. The minimum absolute atomic E-state index is 0.902. The molecule has 1 fully saturated rings. The average Bonchev–Trinajstić information content (AvgIpc) is 2.74. The first-order valence-electron chi connectivity index (χ1n) is 5.69. The molecule has 15 heavy (non-hydrogen) atoms. The normalized spacial score (nSPS) is 20.7. The summed E-state index contributed by atoms with van der Waals surface area (Å²) in [5, 5.41) is 3.57. The highest BCUT2D eigenvalue weighted by Crippen LogP contribution is 2.22. The van der Waals surface area contributed by atoms with Crippen LogP contribution in [-0.4, -0.2) is 18.1 Å². The third-order valence-electron chi connectivity index (χ3n) is 3.03. The minimum atomic E-state index is 0.902. The standard InChI is InChI=1S/C13H19NS/c1-11-4-2-3-5-13(11)9-14-8-12-6-7-15-10-12/h2-5,12,14H,6-10H2,1H3. The maximum atomic E-state index is 3.57. The van der Waals surface area contributed by atoms with Crippen molar-refractivity contribution in [1.82, 2.24) is 5.32 Å². The molecule has 1 aromatic carbocycles. The molecule has 1 N–H and O–H groups in total. The van der Waals surface area contributed by atoms with Crippen molar-refractivity contribution in [2.75, 3.05) is 18.1 Å². The molecule has 0 aliphatic carbocycles. The Morgan fingerprint density at radius 1 is 1.40 bits per heavy atom. The summed E-state index contributed by atoms with van der Waals surface area (Å²) in [5.41, 5.74) is 2.83. The molecule has 1 aromatic rings. The fourth-order valence-electron chi connectivity index (χ4n) is 1.96. The number of hydrogen-bond donors (Lipinski definition) is 1. The lowest BCUT2D eigenvalue weighted by atomic mass is 10.1. The monoisotopic (exact) mass is 221 g/mol. The van der Waals surface area contributed by atoms with Gasteiger partial charge in [0.15, 0.2) is 0 Å². The van der Waals surface area contributed by atoms with Crippen LogP contribution in [0.2, 0.25) is 0 Å². The van der Waals surface area contributed by atoms with Crippen molar-refractivity contribution < 1.29 is 0 Å². The SMILES string of the molecule is Cc1ccccc1CNCC1CCSC1. The fourth-order valence-corrected chi connectivity index (χ4v) is 3.25. The zero-order chi connectivity index (χ0) is 10.5. The van der Waals surface area contributed by atoms with Gasteiger partial charge < -0.3 is 5.32 Å². The van der Waals surface area contributed by atoms with Crippen LogP contribution in [0.5, 0.6) is 0 Å². The number of nitrogens with one attached hydrogen (secondary N) is 1. The smallest absolute Gasteiger partial charge is 0.0208 e. The van der Waals surface area contributed by atoms with Crippen molar-refractivity contribution in [3.63, 3.8) is 0 Å². The largest absolute Gasteiger partial charge is 0.312 e. The molecule has 1 aliphatic rings. The molecule has 2 rings (SSSR count). The Morgan fingerprint density at radius 2 is 2.27 bits per heavy atom. The molecular weight excluding hydrogens is 202 g/mol. The third-order valence-corrected chi connectivity index (χ3v) is 4.27. The maximum Gasteiger partial charge on any atom is 0.0208 e. The van der Waals surface area contributed by atoms with E-state index < -0.39 is 0 Å². The van der Waals surface area contributed by atoms with Gasteiger partial charge in [0.05, 0.1) is 0 Å². The van der Waals surface area contributed by atoms with Gasteiger partial charge in [-0.1, -0.05) is 24.3 Å². The van der Waals surface area contributed by atoms with E-state index in [1.807, 2.05) is 0 Å². The summed E-state index contributed by atoms with van der Waals surface area (Å²) in [4.78, 5) is 0. The molecule has 1 nitrogen and oxygen atoms in total. The van der Waals surface area contributed by atoms with E-state index in [9.17, 15) is 0 Å². The summed E-state index contributed by atoms with van der Waals surface area (Å²) < 4.78 is 0. The van der Waals surface area contributed by atoms with E-state index in [0.29, 0.717) is 0 Å². The molecule has 1 atom stereocenters. The van der Waals surface area contributed by atoms with E-state index in [-0.39, 0.29) is 0 Å². The number of aryl methyl sites for hydroxylation is 1. The Bertz CT molecular complexity index is 305. The van der Waals surface area contributed by atoms with E-state index in [1.54, 1.807) is 0 Å². The first-order valence-corrected chi connectivity index (χ1v) is 6.84. The van der Waals surface area contributed by atoms with E-state index in [2.05, 4.69) is 48.3 Å². The number of benzene rings is 1. The third kappa shape index (κ3) is 3.25. The number of hydrogen-bond acceptors (Lipinski definition) is 2. The highest BCUT2D eigenvalue weighted by atomic mass is 32.2. The predicted octanol–water partition coefficient (Wildman–Crippen LogP) is 2.84.